The van der Waals surface area contributed by atoms with E-state index >= 15 is 0 Å². The molecule has 0 saturated heterocycles. The summed E-state index contributed by atoms with van der Waals surface area (Å²) in [5, 5.41) is 16.5. The topological polar surface area (TPSA) is 91.3 Å². The predicted molar refractivity (Wildman–Crippen MR) is 75.9 cm³/mol. The highest BCUT2D eigenvalue weighted by molar-refractivity contribution is 7.09. The highest BCUT2D eigenvalue weighted by atomic mass is 32.1. The van der Waals surface area contributed by atoms with Crippen molar-refractivity contribution in [1.29, 1.82) is 0 Å². The Bertz CT molecular complexity index is 513. The highest BCUT2D eigenvalue weighted by Crippen LogP contribution is 2.37. The van der Waals surface area contributed by atoms with Gasteiger partial charge in [-0.2, -0.15) is 0 Å². The Kier molecular flexibility index (Phi) is 4.27. The zero-order valence-corrected chi connectivity index (χ0v) is 12.4. The van der Waals surface area contributed by atoms with Crippen molar-refractivity contribution >= 4 is 23.3 Å². The Labute approximate surface area is 121 Å². The van der Waals surface area contributed by atoms with Crippen molar-refractivity contribution < 1.29 is 14.7 Å². The normalized spacial score (nSPS) is 20.6. The maximum atomic E-state index is 11.8. The number of aromatic carboxylic acids is 1. The zero-order chi connectivity index (χ0) is 14.8. The Morgan fingerprint density at radius 2 is 2.30 bits per heavy atom. The van der Waals surface area contributed by atoms with Crippen molar-refractivity contribution in [3.8, 4) is 0 Å². The minimum atomic E-state index is -1.05. The van der Waals surface area contributed by atoms with Crippen LogP contribution in [0.2, 0.25) is 0 Å². The van der Waals surface area contributed by atoms with E-state index in [0.717, 1.165) is 19.3 Å². The van der Waals surface area contributed by atoms with Crippen molar-refractivity contribution in [2.24, 2.45) is 5.41 Å². The molecule has 0 aliphatic heterocycles. The van der Waals surface area contributed by atoms with Crippen LogP contribution in [0.3, 0.4) is 0 Å². The van der Waals surface area contributed by atoms with E-state index < -0.39 is 5.97 Å². The number of aromatic nitrogens is 1. The van der Waals surface area contributed by atoms with Crippen LogP contribution in [0.4, 0.5) is 4.79 Å². The molecule has 1 aromatic heterocycles. The first-order chi connectivity index (χ1) is 9.38. The van der Waals surface area contributed by atoms with E-state index in [2.05, 4.69) is 29.5 Å². The minimum Gasteiger partial charge on any atom is -0.476 e. The number of thiazole rings is 1. The average Bonchev–Trinajstić information content (AvgIpc) is 2.94. The fourth-order valence-corrected chi connectivity index (χ4v) is 3.16. The molecule has 110 valence electrons. The highest BCUT2D eigenvalue weighted by Gasteiger charge is 2.35. The van der Waals surface area contributed by atoms with Crippen LogP contribution in [-0.2, 0) is 6.54 Å². The first-order valence-electron chi connectivity index (χ1n) is 6.60. The van der Waals surface area contributed by atoms with Crippen molar-refractivity contribution in [1.82, 2.24) is 15.6 Å². The number of hydrogen-bond donors (Lipinski definition) is 3. The van der Waals surface area contributed by atoms with E-state index in [-0.39, 0.29) is 29.7 Å². The van der Waals surface area contributed by atoms with Crippen molar-refractivity contribution in [2.75, 3.05) is 0 Å². The van der Waals surface area contributed by atoms with Gasteiger partial charge in [-0.25, -0.2) is 14.6 Å². The van der Waals surface area contributed by atoms with Crippen molar-refractivity contribution in [3.05, 3.63) is 16.1 Å². The van der Waals surface area contributed by atoms with Crippen LogP contribution in [-0.4, -0.2) is 28.1 Å². The third-order valence-electron chi connectivity index (χ3n) is 3.73. The molecule has 7 heteroatoms. The van der Waals surface area contributed by atoms with E-state index in [0.29, 0.717) is 5.01 Å². The predicted octanol–water partition coefficient (Wildman–Crippen LogP) is 2.22. The number of nitrogens with one attached hydrogen (secondary N) is 2. The number of carbonyl (C=O) groups is 2. The maximum Gasteiger partial charge on any atom is 0.355 e. The van der Waals surface area contributed by atoms with Gasteiger partial charge in [0, 0.05) is 11.4 Å². The fraction of sp³-hybridized carbons (Fsp3) is 0.615. The molecular weight excluding hydrogens is 278 g/mol. The van der Waals surface area contributed by atoms with Gasteiger partial charge in [-0.15, -0.1) is 11.3 Å². The smallest absolute Gasteiger partial charge is 0.355 e. The molecule has 1 heterocycles. The lowest BCUT2D eigenvalue weighted by atomic mass is 9.87. The molecule has 1 saturated carbocycles. The standard InChI is InChI=1S/C13H19N3O3S/c1-13(2)5-3-4-9(13)16-12(19)14-6-10-15-8(7-20-10)11(17)18/h7,9H,3-6H2,1-2H3,(H,17,18)(H2,14,16,19). The van der Waals surface area contributed by atoms with Crippen LogP contribution < -0.4 is 10.6 Å². The van der Waals surface area contributed by atoms with Crippen LogP contribution >= 0.6 is 11.3 Å². The number of hydrogen-bond acceptors (Lipinski definition) is 4. The lowest BCUT2D eigenvalue weighted by molar-refractivity contribution is 0.0691. The summed E-state index contributed by atoms with van der Waals surface area (Å²) < 4.78 is 0. The first-order valence-corrected chi connectivity index (χ1v) is 7.48. The molecule has 2 rings (SSSR count). The molecule has 6 nitrogen and oxygen atoms in total. The molecule has 1 aliphatic carbocycles. The lowest BCUT2D eigenvalue weighted by Gasteiger charge is -2.27. The van der Waals surface area contributed by atoms with Crippen molar-refractivity contribution in [2.45, 2.75) is 45.7 Å². The molecule has 1 aliphatic rings. The quantitative estimate of drug-likeness (QED) is 0.794. The fourth-order valence-electron chi connectivity index (χ4n) is 2.45. The molecule has 2 amide bonds. The van der Waals surface area contributed by atoms with Crippen LogP contribution in [0.25, 0.3) is 0 Å². The van der Waals surface area contributed by atoms with Gasteiger partial charge in [-0.05, 0) is 18.3 Å². The number of carboxylic acids is 1. The zero-order valence-electron chi connectivity index (χ0n) is 11.6. The SMILES string of the molecule is CC1(C)CCCC1NC(=O)NCc1nc(C(=O)O)cs1. The third kappa shape index (κ3) is 3.47. The largest absolute Gasteiger partial charge is 0.476 e. The van der Waals surface area contributed by atoms with Crippen LogP contribution in [0.1, 0.15) is 48.6 Å². The monoisotopic (exact) mass is 297 g/mol. The molecule has 20 heavy (non-hydrogen) atoms. The minimum absolute atomic E-state index is 0.0177. The van der Waals surface area contributed by atoms with Crippen molar-refractivity contribution in [3.63, 3.8) is 0 Å². The van der Waals surface area contributed by atoms with Gasteiger partial charge in [-0.1, -0.05) is 20.3 Å². The molecule has 1 unspecified atom stereocenters. The van der Waals surface area contributed by atoms with E-state index in [4.69, 9.17) is 5.11 Å². The molecule has 0 bridgehead atoms. The van der Waals surface area contributed by atoms with Crippen LogP contribution in [0, 0.1) is 5.41 Å². The average molecular weight is 297 g/mol. The molecular formula is C13H19N3O3S. The molecule has 0 aromatic carbocycles. The molecule has 1 aromatic rings. The van der Waals surface area contributed by atoms with Gasteiger partial charge in [-0.3, -0.25) is 0 Å². The second-order valence-corrected chi connectivity index (χ2v) is 6.63. The van der Waals surface area contributed by atoms with E-state index in [9.17, 15) is 9.59 Å². The maximum absolute atomic E-state index is 11.8. The molecule has 1 fully saturated rings. The number of nitrogens with zero attached hydrogens (tertiary/aromatic N) is 1. The van der Waals surface area contributed by atoms with Gasteiger partial charge in [0.05, 0.1) is 6.54 Å². The van der Waals surface area contributed by atoms with E-state index in [1.807, 2.05) is 0 Å². The Hall–Kier alpha value is -1.63. The summed E-state index contributed by atoms with van der Waals surface area (Å²) in [5.41, 5.74) is 0.152. The van der Waals surface area contributed by atoms with Gasteiger partial charge in [0.15, 0.2) is 5.69 Å². The van der Waals surface area contributed by atoms with E-state index in [1.165, 1.54) is 16.7 Å². The third-order valence-corrected chi connectivity index (χ3v) is 4.58. The Morgan fingerprint density at radius 1 is 1.55 bits per heavy atom. The summed E-state index contributed by atoms with van der Waals surface area (Å²) in [6, 6.07) is -0.0366. The van der Waals surface area contributed by atoms with Gasteiger partial charge in [0.2, 0.25) is 0 Å². The van der Waals surface area contributed by atoms with Gasteiger partial charge < -0.3 is 15.7 Å². The second-order valence-electron chi connectivity index (χ2n) is 5.69. The Balaban J connectivity index is 1.81. The number of carbonyl (C=O) groups excluding carboxylic acids is 1. The number of rotatable bonds is 4. The summed E-state index contributed by atoms with van der Waals surface area (Å²) >= 11 is 1.23. The number of carboxylic acid groups (broad SMARTS) is 1. The van der Waals surface area contributed by atoms with Gasteiger partial charge in [0.25, 0.3) is 0 Å². The van der Waals surface area contributed by atoms with Gasteiger partial charge >= 0.3 is 12.0 Å². The summed E-state index contributed by atoms with van der Waals surface area (Å²) in [4.78, 5) is 26.5. The molecule has 1 atom stereocenters. The summed E-state index contributed by atoms with van der Waals surface area (Å²) in [7, 11) is 0. The lowest BCUT2D eigenvalue weighted by Crippen LogP contribution is -2.46. The number of amides is 2. The van der Waals surface area contributed by atoms with E-state index in [1.54, 1.807) is 0 Å². The Morgan fingerprint density at radius 3 is 2.85 bits per heavy atom. The van der Waals surface area contributed by atoms with Gasteiger partial charge in [0.1, 0.15) is 5.01 Å². The summed E-state index contributed by atoms with van der Waals surface area (Å²) in [6.07, 6.45) is 3.25. The molecule has 0 radical (unpaired) electrons. The second kappa shape index (κ2) is 5.78. The first kappa shape index (κ1) is 14.8. The molecule has 3 N–H and O–H groups in total. The number of urea groups is 1. The van der Waals surface area contributed by atoms with Crippen LogP contribution in [0.15, 0.2) is 5.38 Å². The summed E-state index contributed by atoms with van der Waals surface area (Å²) in [6.45, 7) is 4.56. The molecule has 0 spiro atoms. The summed E-state index contributed by atoms with van der Waals surface area (Å²) in [5.74, 6) is -1.05. The van der Waals surface area contributed by atoms with Crippen LogP contribution in [0.5, 0.6) is 0 Å².